The van der Waals surface area contributed by atoms with E-state index in [1.807, 2.05) is 6.07 Å². The average molecular weight is 357 g/mol. The molecule has 1 unspecified atom stereocenters. The number of aromatic nitrogens is 1. The molecular weight excluding hydrogens is 341 g/mol. The van der Waals surface area contributed by atoms with Crippen LogP contribution in [0.4, 0.5) is 0 Å². The van der Waals surface area contributed by atoms with Gasteiger partial charge in [-0.05, 0) is 53.5 Å². The van der Waals surface area contributed by atoms with Crippen LogP contribution in [0.15, 0.2) is 22.8 Å². The van der Waals surface area contributed by atoms with Gasteiger partial charge in [0.05, 0.1) is 0 Å². The second-order valence-electron chi connectivity index (χ2n) is 3.93. The van der Waals surface area contributed by atoms with Crippen molar-refractivity contribution in [2.45, 2.75) is 6.42 Å². The molecule has 0 aromatic carbocycles. The van der Waals surface area contributed by atoms with Crippen molar-refractivity contribution >= 4 is 46.7 Å². The Balaban J connectivity index is 0.00000144. The van der Waals surface area contributed by atoms with E-state index >= 15 is 0 Å². The molecule has 0 saturated carbocycles. The third-order valence-electron chi connectivity index (χ3n) is 2.67. The van der Waals surface area contributed by atoms with E-state index in [4.69, 9.17) is 0 Å². The second kappa shape index (κ2) is 8.69. The number of nitrogens with zero attached hydrogens (tertiary/aromatic N) is 1. The van der Waals surface area contributed by atoms with Crippen LogP contribution in [0.2, 0.25) is 0 Å². The Morgan fingerprint density at radius 3 is 2.83 bits per heavy atom. The maximum Gasteiger partial charge on any atom is 0.269 e. The van der Waals surface area contributed by atoms with Gasteiger partial charge in [0.2, 0.25) is 0 Å². The first-order chi connectivity index (χ1) is 7.75. The monoisotopic (exact) mass is 355 g/mol. The highest BCUT2D eigenvalue weighted by Crippen LogP contribution is 2.08. The summed E-state index contributed by atoms with van der Waals surface area (Å²) < 4.78 is 0.879. The molecule has 1 saturated heterocycles. The van der Waals surface area contributed by atoms with Crippen molar-refractivity contribution in [2.24, 2.45) is 5.92 Å². The molecular formula is C11H16BrCl2N3O. The molecule has 0 radical (unpaired) electrons. The predicted molar refractivity (Wildman–Crippen MR) is 79.7 cm³/mol. The largest absolute Gasteiger partial charge is 0.350 e. The van der Waals surface area contributed by atoms with E-state index in [0.29, 0.717) is 11.6 Å². The lowest BCUT2D eigenvalue weighted by atomic mass is 10.1. The fourth-order valence-corrected chi connectivity index (χ4v) is 1.96. The Bertz CT molecular complexity index is 369. The molecule has 1 amide bonds. The third kappa shape index (κ3) is 5.10. The van der Waals surface area contributed by atoms with Crippen LogP contribution in [0.1, 0.15) is 16.9 Å². The number of hydrogen-bond acceptors (Lipinski definition) is 3. The maximum atomic E-state index is 11.7. The number of rotatable bonds is 3. The first-order valence-electron chi connectivity index (χ1n) is 5.36. The number of carbonyl (C=O) groups is 1. The summed E-state index contributed by atoms with van der Waals surface area (Å²) in [6, 6.07) is 3.53. The molecule has 1 aromatic heterocycles. The van der Waals surface area contributed by atoms with Crippen molar-refractivity contribution in [3.8, 4) is 0 Å². The highest BCUT2D eigenvalue weighted by molar-refractivity contribution is 9.10. The van der Waals surface area contributed by atoms with Crippen molar-refractivity contribution in [1.29, 1.82) is 0 Å². The summed E-state index contributed by atoms with van der Waals surface area (Å²) in [5.74, 6) is 0.457. The minimum Gasteiger partial charge on any atom is -0.350 e. The highest BCUT2D eigenvalue weighted by atomic mass is 79.9. The van der Waals surface area contributed by atoms with Crippen LogP contribution < -0.4 is 10.6 Å². The number of amides is 1. The van der Waals surface area contributed by atoms with E-state index in [1.165, 1.54) is 0 Å². The highest BCUT2D eigenvalue weighted by Gasteiger charge is 2.15. The zero-order valence-corrected chi connectivity index (χ0v) is 12.9. The number of pyridine rings is 1. The van der Waals surface area contributed by atoms with Crippen molar-refractivity contribution in [3.63, 3.8) is 0 Å². The Morgan fingerprint density at radius 2 is 2.28 bits per heavy atom. The summed E-state index contributed by atoms with van der Waals surface area (Å²) in [4.78, 5) is 15.8. The molecule has 7 heteroatoms. The SMILES string of the molecule is Cl.Cl.O=C(NCC1CCNC1)c1ccc(Br)cn1. The fourth-order valence-electron chi connectivity index (χ4n) is 1.73. The van der Waals surface area contributed by atoms with E-state index in [9.17, 15) is 4.79 Å². The van der Waals surface area contributed by atoms with E-state index in [2.05, 4.69) is 31.5 Å². The number of halogens is 3. The fraction of sp³-hybridized carbons (Fsp3) is 0.455. The Hall–Kier alpha value is -0.360. The van der Waals surface area contributed by atoms with Crippen LogP contribution in [-0.4, -0.2) is 30.5 Å². The number of nitrogens with one attached hydrogen (secondary N) is 2. The molecule has 2 heterocycles. The lowest BCUT2D eigenvalue weighted by Crippen LogP contribution is -2.30. The molecule has 102 valence electrons. The molecule has 1 atom stereocenters. The van der Waals surface area contributed by atoms with Crippen molar-refractivity contribution in [1.82, 2.24) is 15.6 Å². The summed E-state index contributed by atoms with van der Waals surface area (Å²) >= 11 is 3.28. The first kappa shape index (κ1) is 17.6. The van der Waals surface area contributed by atoms with Crippen LogP contribution in [-0.2, 0) is 0 Å². The van der Waals surface area contributed by atoms with Gasteiger partial charge in [0.25, 0.3) is 5.91 Å². The molecule has 1 fully saturated rings. The van der Waals surface area contributed by atoms with E-state index in [-0.39, 0.29) is 30.7 Å². The van der Waals surface area contributed by atoms with E-state index in [0.717, 1.165) is 30.5 Å². The van der Waals surface area contributed by atoms with Gasteiger partial charge in [-0.1, -0.05) is 0 Å². The van der Waals surface area contributed by atoms with Crippen molar-refractivity contribution in [2.75, 3.05) is 19.6 Å². The molecule has 18 heavy (non-hydrogen) atoms. The molecule has 0 aliphatic carbocycles. The van der Waals surface area contributed by atoms with Gasteiger partial charge in [-0.2, -0.15) is 0 Å². The summed E-state index contributed by atoms with van der Waals surface area (Å²) in [7, 11) is 0. The Labute approximate surface area is 127 Å². The summed E-state index contributed by atoms with van der Waals surface area (Å²) in [6.45, 7) is 2.77. The van der Waals surface area contributed by atoms with Gasteiger partial charge >= 0.3 is 0 Å². The van der Waals surface area contributed by atoms with E-state index < -0.39 is 0 Å². The van der Waals surface area contributed by atoms with Crippen LogP contribution in [0.3, 0.4) is 0 Å². The summed E-state index contributed by atoms with van der Waals surface area (Å²) in [6.07, 6.45) is 2.76. The van der Waals surface area contributed by atoms with Crippen LogP contribution in [0.5, 0.6) is 0 Å². The molecule has 1 aliphatic heterocycles. The third-order valence-corrected chi connectivity index (χ3v) is 3.14. The molecule has 0 spiro atoms. The molecule has 0 bridgehead atoms. The second-order valence-corrected chi connectivity index (χ2v) is 4.85. The van der Waals surface area contributed by atoms with Gasteiger partial charge < -0.3 is 10.6 Å². The molecule has 4 nitrogen and oxygen atoms in total. The van der Waals surface area contributed by atoms with Gasteiger partial charge in [0.1, 0.15) is 5.69 Å². The molecule has 1 aliphatic rings. The van der Waals surface area contributed by atoms with Gasteiger partial charge in [0.15, 0.2) is 0 Å². The van der Waals surface area contributed by atoms with Gasteiger partial charge in [-0.3, -0.25) is 4.79 Å². The van der Waals surface area contributed by atoms with Crippen molar-refractivity contribution in [3.05, 3.63) is 28.5 Å². The maximum absolute atomic E-state index is 11.7. The number of hydrogen-bond donors (Lipinski definition) is 2. The van der Waals surface area contributed by atoms with Gasteiger partial charge in [-0.15, -0.1) is 24.8 Å². The van der Waals surface area contributed by atoms with Gasteiger partial charge in [0, 0.05) is 17.2 Å². The average Bonchev–Trinajstić information content (AvgIpc) is 2.80. The van der Waals surface area contributed by atoms with Crippen LogP contribution in [0.25, 0.3) is 0 Å². The minimum absolute atomic E-state index is 0. The summed E-state index contributed by atoms with van der Waals surface area (Å²) in [5.41, 5.74) is 0.467. The van der Waals surface area contributed by atoms with Crippen molar-refractivity contribution < 1.29 is 4.79 Å². The predicted octanol–water partition coefficient (Wildman–Crippen LogP) is 2.03. The van der Waals surface area contributed by atoms with E-state index in [1.54, 1.807) is 12.3 Å². The molecule has 2 rings (SSSR count). The Morgan fingerprint density at radius 1 is 1.50 bits per heavy atom. The lowest BCUT2D eigenvalue weighted by molar-refractivity contribution is 0.0943. The first-order valence-corrected chi connectivity index (χ1v) is 6.15. The molecule has 2 N–H and O–H groups in total. The smallest absolute Gasteiger partial charge is 0.269 e. The number of carbonyl (C=O) groups excluding carboxylic acids is 1. The normalized spacial score (nSPS) is 17.5. The lowest BCUT2D eigenvalue weighted by Gasteiger charge is -2.09. The molecule has 1 aromatic rings. The zero-order valence-electron chi connectivity index (χ0n) is 9.69. The summed E-state index contributed by atoms with van der Waals surface area (Å²) in [5, 5.41) is 6.17. The van der Waals surface area contributed by atoms with Crippen LogP contribution in [0, 0.1) is 5.92 Å². The zero-order chi connectivity index (χ0) is 11.4. The standard InChI is InChI=1S/C11H14BrN3O.2ClH/c12-9-1-2-10(14-7-9)11(16)15-6-8-3-4-13-5-8;;/h1-2,7-8,13H,3-6H2,(H,15,16);2*1H. The van der Waals surface area contributed by atoms with Gasteiger partial charge in [-0.25, -0.2) is 4.98 Å². The topological polar surface area (TPSA) is 54.0 Å². The Kier molecular flexibility index (Phi) is 8.52. The quantitative estimate of drug-likeness (QED) is 0.871. The minimum atomic E-state index is -0.0978. The van der Waals surface area contributed by atoms with Crippen LogP contribution >= 0.6 is 40.7 Å².